The van der Waals surface area contributed by atoms with Crippen LogP contribution >= 0.6 is 0 Å². The maximum absolute atomic E-state index is 4.30. The van der Waals surface area contributed by atoms with Crippen molar-refractivity contribution in [1.29, 1.82) is 0 Å². The average Bonchev–Trinajstić information content (AvgIpc) is 2.63. The highest BCUT2D eigenvalue weighted by Gasteiger charge is 2.16. The summed E-state index contributed by atoms with van der Waals surface area (Å²) in [6.45, 7) is 11.8. The lowest BCUT2D eigenvalue weighted by Crippen LogP contribution is -2.47. The van der Waals surface area contributed by atoms with Crippen LogP contribution in [0.25, 0.3) is 0 Å². The molecule has 0 saturated carbocycles. The van der Waals surface area contributed by atoms with Crippen molar-refractivity contribution in [3.63, 3.8) is 0 Å². The van der Waals surface area contributed by atoms with E-state index in [2.05, 4.69) is 58.2 Å². The summed E-state index contributed by atoms with van der Waals surface area (Å²) in [5.41, 5.74) is 2.49. The molecule has 0 spiro atoms. The molecule has 4 nitrogen and oxygen atoms in total. The van der Waals surface area contributed by atoms with E-state index < -0.39 is 0 Å². The second kappa shape index (κ2) is 8.97. The van der Waals surface area contributed by atoms with E-state index in [4.69, 9.17) is 0 Å². The number of hydrogen-bond donors (Lipinski definition) is 1. The van der Waals surface area contributed by atoms with Gasteiger partial charge < -0.3 is 15.1 Å². The van der Waals surface area contributed by atoms with Gasteiger partial charge >= 0.3 is 0 Å². The summed E-state index contributed by atoms with van der Waals surface area (Å²) < 4.78 is 0. The van der Waals surface area contributed by atoms with E-state index in [1.807, 2.05) is 18.2 Å². The summed E-state index contributed by atoms with van der Waals surface area (Å²) in [7, 11) is 0. The van der Waals surface area contributed by atoms with Crippen LogP contribution in [-0.2, 0) is 6.42 Å². The van der Waals surface area contributed by atoms with Gasteiger partial charge in [0.25, 0.3) is 0 Å². The third-order valence-electron chi connectivity index (χ3n) is 4.70. The first kappa shape index (κ1) is 17.9. The van der Waals surface area contributed by atoms with Crippen LogP contribution in [-0.4, -0.2) is 54.1 Å². The van der Waals surface area contributed by atoms with Crippen molar-refractivity contribution in [2.75, 3.05) is 44.6 Å². The number of nitrogens with zero attached hydrogens (tertiary/aromatic N) is 3. The molecule has 4 heteroatoms. The monoisotopic (exact) mass is 338 g/mol. The Bertz CT molecular complexity index is 616. The minimum atomic E-state index is 0.768. The lowest BCUT2D eigenvalue weighted by Gasteiger charge is -2.35. The first-order chi connectivity index (χ1) is 12.2. The molecule has 1 aliphatic heterocycles. The molecule has 1 fully saturated rings. The van der Waals surface area contributed by atoms with Crippen molar-refractivity contribution in [1.82, 2.24) is 14.8 Å². The number of anilines is 2. The molecule has 1 aromatic heterocycles. The standard InChI is InChI=1S/C21H30N4/c1-18(2)17-25-15-13-24(14-16-25)12-10-19-6-8-20(9-7-19)23-21-5-3-4-11-22-21/h3-9,11,18H,10,12-17H2,1-2H3,(H,22,23). The van der Waals surface area contributed by atoms with Crippen LogP contribution in [0.5, 0.6) is 0 Å². The normalized spacial score (nSPS) is 16.3. The molecule has 1 aromatic carbocycles. The fourth-order valence-corrected chi connectivity index (χ4v) is 3.34. The quantitative estimate of drug-likeness (QED) is 0.835. The van der Waals surface area contributed by atoms with E-state index in [9.17, 15) is 0 Å². The number of aromatic nitrogens is 1. The molecule has 3 rings (SSSR count). The van der Waals surface area contributed by atoms with E-state index in [1.54, 1.807) is 6.20 Å². The van der Waals surface area contributed by atoms with Crippen LogP contribution in [0.4, 0.5) is 11.5 Å². The topological polar surface area (TPSA) is 31.4 Å². The zero-order valence-corrected chi connectivity index (χ0v) is 15.5. The molecule has 0 atom stereocenters. The minimum Gasteiger partial charge on any atom is -0.340 e. The molecule has 0 amide bonds. The largest absolute Gasteiger partial charge is 0.340 e. The Morgan fingerprint density at radius 1 is 0.960 bits per heavy atom. The third-order valence-corrected chi connectivity index (χ3v) is 4.70. The fourth-order valence-electron chi connectivity index (χ4n) is 3.34. The summed E-state index contributed by atoms with van der Waals surface area (Å²) in [5, 5.41) is 3.33. The van der Waals surface area contributed by atoms with Crippen LogP contribution in [0.2, 0.25) is 0 Å². The maximum Gasteiger partial charge on any atom is 0.130 e. The molecule has 0 bridgehead atoms. The van der Waals surface area contributed by atoms with Crippen LogP contribution in [0, 0.1) is 5.92 Å². The van der Waals surface area contributed by atoms with Crippen molar-refractivity contribution in [3.8, 4) is 0 Å². The summed E-state index contributed by atoms with van der Waals surface area (Å²) in [5.74, 6) is 1.65. The Balaban J connectivity index is 1.42. The van der Waals surface area contributed by atoms with Gasteiger partial charge in [-0.05, 0) is 42.2 Å². The number of rotatable bonds is 7. The fraction of sp³-hybridized carbons (Fsp3) is 0.476. The zero-order chi connectivity index (χ0) is 17.5. The molecule has 0 unspecified atom stereocenters. The highest BCUT2D eigenvalue weighted by atomic mass is 15.3. The molecule has 1 saturated heterocycles. The number of piperazine rings is 1. The van der Waals surface area contributed by atoms with E-state index in [0.29, 0.717) is 0 Å². The summed E-state index contributed by atoms with van der Waals surface area (Å²) in [6, 6.07) is 14.6. The zero-order valence-electron chi connectivity index (χ0n) is 15.5. The van der Waals surface area contributed by atoms with Crippen molar-refractivity contribution >= 4 is 11.5 Å². The summed E-state index contributed by atoms with van der Waals surface area (Å²) in [4.78, 5) is 9.49. The van der Waals surface area contributed by atoms with Crippen molar-refractivity contribution < 1.29 is 0 Å². The molecule has 134 valence electrons. The Labute approximate surface area is 151 Å². The third kappa shape index (κ3) is 5.83. The Kier molecular flexibility index (Phi) is 6.42. The SMILES string of the molecule is CC(C)CN1CCN(CCc2ccc(Nc3ccccn3)cc2)CC1. The van der Waals surface area contributed by atoms with Crippen LogP contribution < -0.4 is 5.32 Å². The van der Waals surface area contributed by atoms with Gasteiger partial charge in [0.05, 0.1) is 0 Å². The lowest BCUT2D eigenvalue weighted by atomic mass is 10.1. The predicted molar refractivity (Wildman–Crippen MR) is 105 cm³/mol. The smallest absolute Gasteiger partial charge is 0.130 e. The summed E-state index contributed by atoms with van der Waals surface area (Å²) >= 11 is 0. The molecule has 2 aromatic rings. The first-order valence-corrected chi connectivity index (χ1v) is 9.41. The van der Waals surface area contributed by atoms with E-state index in [1.165, 1.54) is 38.3 Å². The van der Waals surface area contributed by atoms with Gasteiger partial charge in [-0.25, -0.2) is 4.98 Å². The van der Waals surface area contributed by atoms with Gasteiger partial charge in [0, 0.05) is 51.2 Å². The van der Waals surface area contributed by atoms with Gasteiger partial charge in [-0.2, -0.15) is 0 Å². The van der Waals surface area contributed by atoms with E-state index in [0.717, 1.165) is 30.4 Å². The molecule has 0 radical (unpaired) electrons. The summed E-state index contributed by atoms with van der Waals surface area (Å²) in [6.07, 6.45) is 2.92. The van der Waals surface area contributed by atoms with Gasteiger partial charge in [0.2, 0.25) is 0 Å². The van der Waals surface area contributed by atoms with Gasteiger partial charge in [0.1, 0.15) is 5.82 Å². The number of benzene rings is 1. The van der Waals surface area contributed by atoms with Crippen LogP contribution in [0.3, 0.4) is 0 Å². The molecular formula is C21H30N4. The van der Waals surface area contributed by atoms with Crippen molar-refractivity contribution in [3.05, 3.63) is 54.2 Å². The van der Waals surface area contributed by atoms with E-state index in [-0.39, 0.29) is 0 Å². The van der Waals surface area contributed by atoms with Gasteiger partial charge in [-0.15, -0.1) is 0 Å². The van der Waals surface area contributed by atoms with Crippen molar-refractivity contribution in [2.24, 2.45) is 5.92 Å². The Morgan fingerprint density at radius 3 is 2.32 bits per heavy atom. The molecule has 1 aliphatic rings. The van der Waals surface area contributed by atoms with Gasteiger partial charge in [-0.1, -0.05) is 32.0 Å². The molecular weight excluding hydrogens is 308 g/mol. The molecule has 1 N–H and O–H groups in total. The first-order valence-electron chi connectivity index (χ1n) is 9.41. The highest BCUT2D eigenvalue weighted by Crippen LogP contribution is 2.15. The highest BCUT2D eigenvalue weighted by molar-refractivity contribution is 5.56. The second-order valence-corrected chi connectivity index (χ2v) is 7.32. The van der Waals surface area contributed by atoms with Crippen LogP contribution in [0.15, 0.2) is 48.7 Å². The van der Waals surface area contributed by atoms with Crippen LogP contribution in [0.1, 0.15) is 19.4 Å². The van der Waals surface area contributed by atoms with Crippen molar-refractivity contribution in [2.45, 2.75) is 20.3 Å². The van der Waals surface area contributed by atoms with Gasteiger partial charge in [0.15, 0.2) is 0 Å². The second-order valence-electron chi connectivity index (χ2n) is 7.32. The Morgan fingerprint density at radius 2 is 1.68 bits per heavy atom. The maximum atomic E-state index is 4.30. The lowest BCUT2D eigenvalue weighted by molar-refractivity contribution is 0.123. The average molecular weight is 338 g/mol. The minimum absolute atomic E-state index is 0.768. The number of nitrogens with one attached hydrogen (secondary N) is 1. The molecule has 25 heavy (non-hydrogen) atoms. The molecule has 0 aliphatic carbocycles. The van der Waals surface area contributed by atoms with E-state index >= 15 is 0 Å². The number of hydrogen-bond acceptors (Lipinski definition) is 4. The molecule has 2 heterocycles. The predicted octanol–water partition coefficient (Wildman–Crippen LogP) is 3.64. The Hall–Kier alpha value is -1.91. The van der Waals surface area contributed by atoms with Gasteiger partial charge in [-0.3, -0.25) is 0 Å². The number of pyridine rings is 1.